The predicted molar refractivity (Wildman–Crippen MR) is 68.6 cm³/mol. The van der Waals surface area contributed by atoms with E-state index in [4.69, 9.17) is 5.73 Å². The summed E-state index contributed by atoms with van der Waals surface area (Å²) in [4.78, 5) is 25.4. The van der Waals surface area contributed by atoms with Crippen molar-refractivity contribution < 1.29 is 9.59 Å². The van der Waals surface area contributed by atoms with E-state index in [-0.39, 0.29) is 5.91 Å². The van der Waals surface area contributed by atoms with Gasteiger partial charge in [0.25, 0.3) is 5.91 Å². The maximum absolute atomic E-state index is 12.4. The van der Waals surface area contributed by atoms with Gasteiger partial charge in [-0.15, -0.1) is 0 Å². The molecule has 2 amide bonds. The molecule has 18 heavy (non-hydrogen) atoms. The van der Waals surface area contributed by atoms with Crippen LogP contribution in [-0.4, -0.2) is 29.3 Å². The van der Waals surface area contributed by atoms with Crippen molar-refractivity contribution in [3.8, 4) is 0 Å². The van der Waals surface area contributed by atoms with E-state index < -0.39 is 11.9 Å². The smallest absolute Gasteiger partial charge is 0.254 e. The number of hydrogen-bond donors (Lipinski definition) is 1. The van der Waals surface area contributed by atoms with Crippen molar-refractivity contribution in [2.75, 3.05) is 6.54 Å². The summed E-state index contributed by atoms with van der Waals surface area (Å²) in [6.07, 6.45) is 4.56. The van der Waals surface area contributed by atoms with Gasteiger partial charge in [0.05, 0.1) is 0 Å². The molecule has 0 aromatic heterocycles. The van der Waals surface area contributed by atoms with Crippen LogP contribution in [0.1, 0.15) is 29.6 Å². The first kappa shape index (κ1) is 12.6. The molecule has 4 nitrogen and oxygen atoms in total. The average molecular weight is 245 g/mol. The molecule has 2 rings (SSSR count). The van der Waals surface area contributed by atoms with E-state index in [0.29, 0.717) is 12.1 Å². The molecule has 0 saturated carbocycles. The summed E-state index contributed by atoms with van der Waals surface area (Å²) in [6, 6.07) is 8.41. The van der Waals surface area contributed by atoms with Crippen molar-refractivity contribution in [2.24, 2.45) is 5.73 Å². The standard InChI is InChI=1S/C14H17N2O2/c15-13(17)12-9-5-2-6-10-16(12)14(18)11-7-3-1-4-8-11/h1,3-4,7-9,12H,2,5-6,10H2,(H2,15,17). The minimum atomic E-state index is -0.583. The van der Waals surface area contributed by atoms with E-state index in [0.717, 1.165) is 19.3 Å². The highest BCUT2D eigenvalue weighted by molar-refractivity contribution is 5.97. The van der Waals surface area contributed by atoms with E-state index in [9.17, 15) is 9.59 Å². The number of rotatable bonds is 2. The highest BCUT2D eigenvalue weighted by atomic mass is 16.2. The van der Waals surface area contributed by atoms with Crippen molar-refractivity contribution >= 4 is 11.8 Å². The molecule has 1 aromatic carbocycles. The van der Waals surface area contributed by atoms with Crippen LogP contribution >= 0.6 is 0 Å². The maximum Gasteiger partial charge on any atom is 0.254 e. The second-order valence-electron chi connectivity index (χ2n) is 4.44. The lowest BCUT2D eigenvalue weighted by atomic mass is 10.1. The van der Waals surface area contributed by atoms with Crippen LogP contribution in [0.2, 0.25) is 0 Å². The molecule has 0 spiro atoms. The van der Waals surface area contributed by atoms with Gasteiger partial charge >= 0.3 is 0 Å². The van der Waals surface area contributed by atoms with Crippen molar-refractivity contribution in [1.82, 2.24) is 4.90 Å². The van der Waals surface area contributed by atoms with Gasteiger partial charge in [-0.2, -0.15) is 0 Å². The third-order valence-corrected chi connectivity index (χ3v) is 3.15. The van der Waals surface area contributed by atoms with Gasteiger partial charge in [-0.05, 0) is 31.4 Å². The van der Waals surface area contributed by atoms with Crippen LogP contribution < -0.4 is 5.73 Å². The summed E-state index contributed by atoms with van der Waals surface area (Å²) in [5.74, 6) is -0.585. The van der Waals surface area contributed by atoms with Crippen molar-refractivity contribution in [2.45, 2.75) is 25.3 Å². The number of hydrogen-bond acceptors (Lipinski definition) is 2. The third-order valence-electron chi connectivity index (χ3n) is 3.15. The quantitative estimate of drug-likeness (QED) is 0.855. The Morgan fingerprint density at radius 3 is 2.56 bits per heavy atom. The molecule has 0 bridgehead atoms. The molecule has 1 saturated heterocycles. The number of benzene rings is 1. The molecule has 4 heteroatoms. The molecule has 1 aliphatic heterocycles. The number of likely N-dealkylation sites (tertiary alicyclic amines) is 1. The summed E-state index contributed by atoms with van der Waals surface area (Å²) in [5, 5.41) is 0. The van der Waals surface area contributed by atoms with E-state index in [1.807, 2.05) is 24.6 Å². The molecular weight excluding hydrogens is 228 g/mol. The topological polar surface area (TPSA) is 63.4 Å². The second kappa shape index (κ2) is 5.67. The highest BCUT2D eigenvalue weighted by Crippen LogP contribution is 2.18. The van der Waals surface area contributed by atoms with Gasteiger partial charge in [0.15, 0.2) is 0 Å². The van der Waals surface area contributed by atoms with Gasteiger partial charge in [0.2, 0.25) is 5.91 Å². The van der Waals surface area contributed by atoms with Crippen LogP contribution in [0.25, 0.3) is 0 Å². The van der Waals surface area contributed by atoms with Gasteiger partial charge in [0.1, 0.15) is 6.04 Å². The molecule has 1 heterocycles. The fourth-order valence-corrected chi connectivity index (χ4v) is 2.21. The van der Waals surface area contributed by atoms with E-state index >= 15 is 0 Å². The normalized spacial score (nSPS) is 20.2. The average Bonchev–Trinajstić information content (AvgIpc) is 2.64. The Bertz CT molecular complexity index is 431. The second-order valence-corrected chi connectivity index (χ2v) is 4.44. The Morgan fingerprint density at radius 2 is 1.89 bits per heavy atom. The Kier molecular flexibility index (Phi) is 3.97. The monoisotopic (exact) mass is 245 g/mol. The van der Waals surface area contributed by atoms with Crippen LogP contribution in [0.5, 0.6) is 0 Å². The van der Waals surface area contributed by atoms with Crippen LogP contribution in [0, 0.1) is 6.42 Å². The number of carbonyl (C=O) groups is 2. The number of carbonyl (C=O) groups excluding carboxylic acids is 2. The number of primary amides is 1. The van der Waals surface area contributed by atoms with Crippen LogP contribution in [0.15, 0.2) is 30.3 Å². The summed E-state index contributed by atoms with van der Waals surface area (Å²) in [6.45, 7) is 0.581. The van der Waals surface area contributed by atoms with Crippen LogP contribution in [-0.2, 0) is 4.79 Å². The Hall–Kier alpha value is -1.84. The van der Waals surface area contributed by atoms with Gasteiger partial charge in [0, 0.05) is 12.1 Å². The Morgan fingerprint density at radius 1 is 1.17 bits per heavy atom. The zero-order valence-electron chi connectivity index (χ0n) is 10.2. The number of amides is 2. The molecular formula is C14H17N2O2. The number of nitrogens with two attached hydrogens (primary N) is 1. The van der Waals surface area contributed by atoms with Crippen molar-refractivity contribution in [3.63, 3.8) is 0 Å². The molecule has 2 N–H and O–H groups in total. The summed E-state index contributed by atoms with van der Waals surface area (Å²) >= 11 is 0. The summed E-state index contributed by atoms with van der Waals surface area (Å²) in [7, 11) is 0. The lowest BCUT2D eigenvalue weighted by Gasteiger charge is -2.27. The molecule has 0 aliphatic carbocycles. The third kappa shape index (κ3) is 2.70. The van der Waals surface area contributed by atoms with Gasteiger partial charge in [-0.1, -0.05) is 24.6 Å². The van der Waals surface area contributed by atoms with Gasteiger partial charge < -0.3 is 10.6 Å². The first-order chi connectivity index (χ1) is 8.70. The minimum Gasteiger partial charge on any atom is -0.368 e. The molecule has 1 aromatic rings. The Labute approximate surface area is 107 Å². The van der Waals surface area contributed by atoms with Gasteiger partial charge in [-0.3, -0.25) is 9.59 Å². The molecule has 1 unspecified atom stereocenters. The highest BCUT2D eigenvalue weighted by Gasteiger charge is 2.29. The predicted octanol–water partition coefficient (Wildman–Crippen LogP) is 1.37. The first-order valence-corrected chi connectivity index (χ1v) is 6.19. The van der Waals surface area contributed by atoms with E-state index in [1.165, 1.54) is 0 Å². The van der Waals surface area contributed by atoms with E-state index in [1.54, 1.807) is 17.0 Å². The van der Waals surface area contributed by atoms with Crippen LogP contribution in [0.4, 0.5) is 0 Å². The minimum absolute atomic E-state index is 0.127. The molecule has 1 fully saturated rings. The molecule has 1 radical (unpaired) electrons. The molecule has 1 atom stereocenters. The largest absolute Gasteiger partial charge is 0.368 e. The van der Waals surface area contributed by atoms with Crippen molar-refractivity contribution in [3.05, 3.63) is 42.3 Å². The van der Waals surface area contributed by atoms with Crippen molar-refractivity contribution in [1.29, 1.82) is 0 Å². The fraction of sp³-hybridized carbons (Fsp3) is 0.357. The first-order valence-electron chi connectivity index (χ1n) is 6.19. The SMILES string of the molecule is NC(=O)C1[CH]CCCCN1C(=O)c1ccccc1. The van der Waals surface area contributed by atoms with Gasteiger partial charge in [-0.25, -0.2) is 0 Å². The van der Waals surface area contributed by atoms with Crippen LogP contribution in [0.3, 0.4) is 0 Å². The molecule has 1 aliphatic rings. The zero-order valence-corrected chi connectivity index (χ0v) is 10.2. The fourth-order valence-electron chi connectivity index (χ4n) is 2.21. The maximum atomic E-state index is 12.4. The van der Waals surface area contributed by atoms with E-state index in [2.05, 4.69) is 0 Å². The summed E-state index contributed by atoms with van der Waals surface area (Å²) < 4.78 is 0. The molecule has 95 valence electrons. The Balaban J connectivity index is 2.22. The summed E-state index contributed by atoms with van der Waals surface area (Å²) in [5.41, 5.74) is 5.98. The lowest BCUT2D eigenvalue weighted by molar-refractivity contribution is -0.121. The zero-order chi connectivity index (χ0) is 13.0. The number of nitrogens with zero attached hydrogens (tertiary/aromatic N) is 1. The lowest BCUT2D eigenvalue weighted by Crippen LogP contribution is -2.47.